The predicted octanol–water partition coefficient (Wildman–Crippen LogP) is 11.3. The molecular formula is C44H38N2O2S. The first-order chi connectivity index (χ1) is 24.1. The van der Waals surface area contributed by atoms with Gasteiger partial charge >= 0.3 is 0 Å². The van der Waals surface area contributed by atoms with Crippen LogP contribution in [-0.2, 0) is 5.41 Å². The van der Waals surface area contributed by atoms with Crippen LogP contribution in [0.4, 0.5) is 17.1 Å². The molecule has 5 heteroatoms. The van der Waals surface area contributed by atoms with Crippen molar-refractivity contribution in [1.82, 2.24) is 4.98 Å². The lowest BCUT2D eigenvalue weighted by Crippen LogP contribution is -2.23. The third kappa shape index (κ3) is 6.04. The molecule has 0 saturated carbocycles. The van der Waals surface area contributed by atoms with E-state index in [0.29, 0.717) is 13.2 Å². The molecule has 5 aromatic carbocycles. The van der Waals surface area contributed by atoms with Crippen molar-refractivity contribution in [3.63, 3.8) is 0 Å². The lowest BCUT2D eigenvalue weighted by atomic mass is 9.73. The molecule has 242 valence electrons. The van der Waals surface area contributed by atoms with E-state index in [2.05, 4.69) is 127 Å². The van der Waals surface area contributed by atoms with Gasteiger partial charge in [-0.15, -0.1) is 23.2 Å². The number of fused-ring (bicyclic) bond motifs is 4. The van der Waals surface area contributed by atoms with Gasteiger partial charge in [-0.05, 0) is 104 Å². The summed E-state index contributed by atoms with van der Waals surface area (Å²) >= 11 is 1.76. The van der Waals surface area contributed by atoms with Gasteiger partial charge in [0.25, 0.3) is 0 Å². The summed E-state index contributed by atoms with van der Waals surface area (Å²) < 4.78 is 13.2. The van der Waals surface area contributed by atoms with Gasteiger partial charge in [0, 0.05) is 40.2 Å². The Kier molecular flexibility index (Phi) is 9.12. The lowest BCUT2D eigenvalue weighted by molar-refractivity contribution is 0.370. The van der Waals surface area contributed by atoms with Gasteiger partial charge < -0.3 is 14.4 Å². The molecule has 0 unspecified atom stereocenters. The fraction of sp³-hybridized carbons (Fsp3) is 0.205. The third-order valence-corrected chi connectivity index (χ3v) is 10.6. The number of aromatic nitrogens is 1. The van der Waals surface area contributed by atoms with E-state index >= 15 is 0 Å². The standard InChI is InChI=1S/C44H38N2O2S/c1-5-9-25-47-35-17-13-15-32(28-35)46(33-16-14-18-36(29-33)48-26-10-6-2)34-22-24-38-37-23-21-31(43-45-41-19-11-12-20-42(41)49-43)27-39(37)44(7-3,8-4)40(38)30-34/h11-24,27-30H,7-8,25-26H2,1-4H3. The van der Waals surface area contributed by atoms with E-state index in [4.69, 9.17) is 14.5 Å². The SMILES string of the molecule is CC#CCOc1cccc(N(c2cccc(OCC#CC)c2)c2ccc3c(c2)C(CC)(CC)c2cc(-c4nc5ccccc5s4)ccc2-3)c1. The number of benzene rings is 5. The zero-order valence-corrected chi connectivity index (χ0v) is 29.2. The molecule has 0 N–H and O–H groups in total. The Morgan fingerprint density at radius 1 is 0.653 bits per heavy atom. The number of hydrogen-bond acceptors (Lipinski definition) is 5. The maximum Gasteiger partial charge on any atom is 0.149 e. The Bertz CT molecular complexity index is 2180. The van der Waals surface area contributed by atoms with Crippen LogP contribution < -0.4 is 14.4 Å². The van der Waals surface area contributed by atoms with Crippen molar-refractivity contribution in [2.24, 2.45) is 0 Å². The number of thiazole rings is 1. The van der Waals surface area contributed by atoms with Crippen molar-refractivity contribution >= 4 is 38.6 Å². The highest BCUT2D eigenvalue weighted by atomic mass is 32.1. The summed E-state index contributed by atoms with van der Waals surface area (Å²) in [6.45, 7) is 8.96. The van der Waals surface area contributed by atoms with Crippen molar-refractivity contribution in [1.29, 1.82) is 0 Å². The molecule has 6 aromatic rings. The summed E-state index contributed by atoms with van der Waals surface area (Å²) in [4.78, 5) is 7.28. The first-order valence-corrected chi connectivity index (χ1v) is 17.6. The molecule has 0 saturated heterocycles. The van der Waals surface area contributed by atoms with E-state index in [9.17, 15) is 0 Å². The molecule has 7 rings (SSSR count). The van der Waals surface area contributed by atoms with Crippen molar-refractivity contribution in [2.45, 2.75) is 46.0 Å². The number of para-hydroxylation sites is 1. The van der Waals surface area contributed by atoms with E-state index in [1.807, 2.05) is 38.1 Å². The van der Waals surface area contributed by atoms with Gasteiger partial charge in [-0.25, -0.2) is 4.98 Å². The van der Waals surface area contributed by atoms with E-state index in [1.165, 1.54) is 32.5 Å². The molecule has 0 fully saturated rings. The van der Waals surface area contributed by atoms with Crippen LogP contribution >= 0.6 is 11.3 Å². The van der Waals surface area contributed by atoms with Gasteiger partial charge in [0.15, 0.2) is 0 Å². The van der Waals surface area contributed by atoms with E-state index in [1.54, 1.807) is 11.3 Å². The summed E-state index contributed by atoms with van der Waals surface area (Å²) in [5.74, 6) is 13.4. The van der Waals surface area contributed by atoms with Crippen LogP contribution in [0.5, 0.6) is 11.5 Å². The summed E-state index contributed by atoms with van der Waals surface area (Å²) in [5.41, 5.74) is 10.5. The van der Waals surface area contributed by atoms with Crippen LogP contribution in [0.2, 0.25) is 0 Å². The molecule has 0 radical (unpaired) electrons. The van der Waals surface area contributed by atoms with Gasteiger partial charge in [-0.1, -0.05) is 68.2 Å². The number of nitrogens with zero attached hydrogens (tertiary/aromatic N) is 2. The maximum absolute atomic E-state index is 6.00. The molecular weight excluding hydrogens is 621 g/mol. The average molecular weight is 659 g/mol. The fourth-order valence-corrected chi connectivity index (χ4v) is 7.98. The van der Waals surface area contributed by atoms with Crippen molar-refractivity contribution < 1.29 is 9.47 Å². The minimum atomic E-state index is -0.132. The largest absolute Gasteiger partial charge is 0.481 e. The van der Waals surface area contributed by atoms with Crippen LogP contribution in [0, 0.1) is 23.7 Å². The predicted molar refractivity (Wildman–Crippen MR) is 204 cm³/mol. The van der Waals surface area contributed by atoms with Crippen LogP contribution in [-0.4, -0.2) is 18.2 Å². The molecule has 49 heavy (non-hydrogen) atoms. The van der Waals surface area contributed by atoms with Crippen LogP contribution in [0.3, 0.4) is 0 Å². The molecule has 0 amide bonds. The van der Waals surface area contributed by atoms with Crippen molar-refractivity contribution in [2.75, 3.05) is 18.1 Å². The number of rotatable bonds is 10. The minimum absolute atomic E-state index is 0.132. The topological polar surface area (TPSA) is 34.6 Å². The highest BCUT2D eigenvalue weighted by molar-refractivity contribution is 7.21. The zero-order chi connectivity index (χ0) is 33.8. The van der Waals surface area contributed by atoms with E-state index < -0.39 is 0 Å². The van der Waals surface area contributed by atoms with Gasteiger partial charge in [0.05, 0.1) is 10.2 Å². The van der Waals surface area contributed by atoms with Gasteiger partial charge in [-0.2, -0.15) is 0 Å². The summed E-state index contributed by atoms with van der Waals surface area (Å²) in [6, 6.07) is 38.7. The Morgan fingerprint density at radius 3 is 1.86 bits per heavy atom. The molecule has 0 bridgehead atoms. The second kappa shape index (κ2) is 13.9. The van der Waals surface area contributed by atoms with Crippen LogP contribution in [0.1, 0.15) is 51.7 Å². The van der Waals surface area contributed by atoms with E-state index in [0.717, 1.165) is 51.9 Å². The molecule has 0 spiro atoms. The number of hydrogen-bond donors (Lipinski definition) is 0. The summed E-state index contributed by atoms with van der Waals surface area (Å²) in [7, 11) is 0. The molecule has 1 heterocycles. The van der Waals surface area contributed by atoms with Crippen LogP contribution in [0.25, 0.3) is 31.9 Å². The molecule has 1 aliphatic carbocycles. The summed E-state index contributed by atoms with van der Waals surface area (Å²) in [6.07, 6.45) is 1.97. The summed E-state index contributed by atoms with van der Waals surface area (Å²) in [5, 5.41) is 1.06. The Hall–Kier alpha value is -5.49. The number of anilines is 3. The molecule has 4 nitrogen and oxygen atoms in total. The average Bonchev–Trinajstić information content (AvgIpc) is 3.69. The van der Waals surface area contributed by atoms with Gasteiger partial charge in [0.1, 0.15) is 29.7 Å². The lowest BCUT2D eigenvalue weighted by Gasteiger charge is -2.32. The second-order valence-electron chi connectivity index (χ2n) is 12.0. The highest BCUT2D eigenvalue weighted by Crippen LogP contribution is 2.55. The first-order valence-electron chi connectivity index (χ1n) is 16.8. The van der Waals surface area contributed by atoms with E-state index in [-0.39, 0.29) is 5.41 Å². The Labute approximate surface area is 293 Å². The smallest absolute Gasteiger partial charge is 0.149 e. The van der Waals surface area contributed by atoms with Crippen molar-refractivity contribution in [3.05, 3.63) is 120 Å². The molecule has 1 aromatic heterocycles. The normalized spacial score (nSPS) is 12.2. The second-order valence-corrected chi connectivity index (χ2v) is 13.1. The number of ether oxygens (including phenoxy) is 2. The van der Waals surface area contributed by atoms with Crippen LogP contribution in [0.15, 0.2) is 109 Å². The van der Waals surface area contributed by atoms with Gasteiger partial charge in [-0.3, -0.25) is 0 Å². The highest BCUT2D eigenvalue weighted by Gasteiger charge is 2.41. The van der Waals surface area contributed by atoms with Gasteiger partial charge in [0.2, 0.25) is 0 Å². The molecule has 0 aliphatic heterocycles. The zero-order valence-electron chi connectivity index (χ0n) is 28.3. The maximum atomic E-state index is 6.00. The first kappa shape index (κ1) is 32.1. The molecule has 0 atom stereocenters. The third-order valence-electron chi connectivity index (χ3n) is 9.48. The monoisotopic (exact) mass is 658 g/mol. The quantitative estimate of drug-likeness (QED) is 0.137. The fourth-order valence-electron chi connectivity index (χ4n) is 7.02. The Balaban J connectivity index is 1.34. The van der Waals surface area contributed by atoms with Crippen molar-refractivity contribution in [3.8, 4) is 56.9 Å². The minimum Gasteiger partial charge on any atom is -0.481 e. The Morgan fingerprint density at radius 2 is 1.24 bits per heavy atom. The molecule has 1 aliphatic rings.